The van der Waals surface area contributed by atoms with E-state index in [1.165, 1.54) is 6.92 Å². The Morgan fingerprint density at radius 2 is 1.60 bits per heavy atom. The Labute approximate surface area is 204 Å². The van der Waals surface area contributed by atoms with E-state index in [0.29, 0.717) is 44.0 Å². The number of anilines is 1. The van der Waals surface area contributed by atoms with E-state index in [9.17, 15) is 14.4 Å². The van der Waals surface area contributed by atoms with E-state index in [-0.39, 0.29) is 17.8 Å². The quantitative estimate of drug-likeness (QED) is 0.574. The van der Waals surface area contributed by atoms with Crippen molar-refractivity contribution in [3.05, 3.63) is 72.3 Å². The number of hydrogen-bond acceptors (Lipinski definition) is 4. The molecule has 1 aliphatic rings. The second-order valence-corrected chi connectivity index (χ2v) is 8.57. The number of ether oxygens (including phenoxy) is 1. The molecule has 0 saturated carbocycles. The molecule has 0 bridgehead atoms. The standard InChI is InChI=1S/C27H30N4O4/c1-19(32)28-25(17-21-9-5-8-20-7-3-4-12-24(20)21)26(33)30-13-15-31(16-14-30)27(34)29-22-10-6-11-23(18-22)35-2/h3-12,18,25H,13-17H2,1-2H3,(H,28,32)(H,29,34). The highest BCUT2D eigenvalue weighted by Crippen LogP contribution is 2.21. The number of nitrogens with zero attached hydrogens (tertiary/aromatic N) is 2. The molecule has 8 nitrogen and oxygen atoms in total. The Hall–Kier alpha value is -4.07. The van der Waals surface area contributed by atoms with Gasteiger partial charge in [0.05, 0.1) is 7.11 Å². The van der Waals surface area contributed by atoms with Gasteiger partial charge in [0.25, 0.3) is 0 Å². The SMILES string of the molecule is COc1cccc(NC(=O)N2CCN(C(=O)C(Cc3cccc4ccccc34)NC(C)=O)CC2)c1. The van der Waals surface area contributed by atoms with Crippen molar-refractivity contribution in [1.29, 1.82) is 0 Å². The number of carbonyl (C=O) groups is 3. The van der Waals surface area contributed by atoms with E-state index in [0.717, 1.165) is 16.3 Å². The molecule has 0 spiro atoms. The fourth-order valence-electron chi connectivity index (χ4n) is 4.39. The van der Waals surface area contributed by atoms with Gasteiger partial charge in [-0.3, -0.25) is 9.59 Å². The fourth-order valence-corrected chi connectivity index (χ4v) is 4.39. The molecular weight excluding hydrogens is 444 g/mol. The normalized spacial score (nSPS) is 14.3. The Kier molecular flexibility index (Phi) is 7.50. The average Bonchev–Trinajstić information content (AvgIpc) is 2.88. The summed E-state index contributed by atoms with van der Waals surface area (Å²) in [5, 5.41) is 7.87. The summed E-state index contributed by atoms with van der Waals surface area (Å²) in [6.07, 6.45) is 0.399. The van der Waals surface area contributed by atoms with E-state index in [2.05, 4.69) is 10.6 Å². The smallest absolute Gasteiger partial charge is 0.321 e. The summed E-state index contributed by atoms with van der Waals surface area (Å²) in [5.74, 6) is 0.273. The van der Waals surface area contributed by atoms with Crippen molar-refractivity contribution in [1.82, 2.24) is 15.1 Å². The number of rotatable bonds is 6. The van der Waals surface area contributed by atoms with Gasteiger partial charge in [0.15, 0.2) is 0 Å². The number of methoxy groups -OCH3 is 1. The van der Waals surface area contributed by atoms with Crippen LogP contribution in [0.25, 0.3) is 10.8 Å². The molecular formula is C27H30N4O4. The molecule has 4 rings (SSSR count). The summed E-state index contributed by atoms with van der Waals surface area (Å²) >= 11 is 0. The Morgan fingerprint density at radius 3 is 2.34 bits per heavy atom. The van der Waals surface area contributed by atoms with Crippen molar-refractivity contribution in [2.45, 2.75) is 19.4 Å². The van der Waals surface area contributed by atoms with Crippen LogP contribution in [0, 0.1) is 0 Å². The maximum Gasteiger partial charge on any atom is 0.321 e. The van der Waals surface area contributed by atoms with E-state index >= 15 is 0 Å². The highest BCUT2D eigenvalue weighted by Gasteiger charge is 2.30. The van der Waals surface area contributed by atoms with Crippen LogP contribution in [0.3, 0.4) is 0 Å². The van der Waals surface area contributed by atoms with Crippen LogP contribution in [-0.4, -0.2) is 67.0 Å². The van der Waals surface area contributed by atoms with Crippen molar-refractivity contribution in [3.8, 4) is 5.75 Å². The zero-order valence-electron chi connectivity index (χ0n) is 20.0. The number of urea groups is 1. The summed E-state index contributed by atoms with van der Waals surface area (Å²) in [4.78, 5) is 41.4. The first-order valence-electron chi connectivity index (χ1n) is 11.7. The van der Waals surface area contributed by atoms with Crippen LogP contribution in [0.4, 0.5) is 10.5 Å². The van der Waals surface area contributed by atoms with Crippen molar-refractivity contribution in [2.24, 2.45) is 0 Å². The van der Waals surface area contributed by atoms with Gasteiger partial charge >= 0.3 is 6.03 Å². The van der Waals surface area contributed by atoms with Crippen LogP contribution in [0.5, 0.6) is 5.75 Å². The molecule has 3 aromatic rings. The van der Waals surface area contributed by atoms with Crippen molar-refractivity contribution in [3.63, 3.8) is 0 Å². The number of hydrogen-bond donors (Lipinski definition) is 2. The van der Waals surface area contributed by atoms with Gasteiger partial charge < -0.3 is 25.2 Å². The van der Waals surface area contributed by atoms with Crippen molar-refractivity contribution >= 4 is 34.3 Å². The molecule has 1 saturated heterocycles. The molecule has 0 radical (unpaired) electrons. The minimum atomic E-state index is -0.671. The number of fused-ring (bicyclic) bond motifs is 1. The van der Waals surface area contributed by atoms with Gasteiger partial charge in [-0.05, 0) is 28.5 Å². The second-order valence-electron chi connectivity index (χ2n) is 8.57. The molecule has 1 aliphatic heterocycles. The van der Waals surface area contributed by atoms with Gasteiger partial charge in [-0.1, -0.05) is 48.5 Å². The van der Waals surface area contributed by atoms with Crippen LogP contribution >= 0.6 is 0 Å². The molecule has 0 aliphatic carbocycles. The molecule has 8 heteroatoms. The third-order valence-corrected chi connectivity index (χ3v) is 6.18. The third kappa shape index (κ3) is 5.90. The molecule has 4 amide bonds. The molecule has 1 heterocycles. The summed E-state index contributed by atoms with van der Waals surface area (Å²) in [5.41, 5.74) is 1.65. The van der Waals surface area contributed by atoms with Gasteiger partial charge in [-0.2, -0.15) is 0 Å². The Balaban J connectivity index is 1.40. The zero-order chi connectivity index (χ0) is 24.8. The van der Waals surface area contributed by atoms with Crippen LogP contribution in [0.1, 0.15) is 12.5 Å². The lowest BCUT2D eigenvalue weighted by Crippen LogP contribution is -2.56. The lowest BCUT2D eigenvalue weighted by molar-refractivity contribution is -0.137. The minimum absolute atomic E-state index is 0.138. The van der Waals surface area contributed by atoms with Gasteiger partial charge in [0, 0.05) is 51.3 Å². The maximum atomic E-state index is 13.4. The number of amides is 4. The van der Waals surface area contributed by atoms with E-state index < -0.39 is 6.04 Å². The van der Waals surface area contributed by atoms with Gasteiger partial charge in [0.2, 0.25) is 11.8 Å². The first-order valence-corrected chi connectivity index (χ1v) is 11.7. The molecule has 2 N–H and O–H groups in total. The largest absolute Gasteiger partial charge is 0.497 e. The van der Waals surface area contributed by atoms with E-state index in [1.807, 2.05) is 54.6 Å². The van der Waals surface area contributed by atoms with Crippen molar-refractivity contribution < 1.29 is 19.1 Å². The number of benzene rings is 3. The number of piperazine rings is 1. The molecule has 1 unspecified atom stereocenters. The Bertz CT molecular complexity index is 1220. The number of nitrogens with one attached hydrogen (secondary N) is 2. The molecule has 0 aromatic heterocycles. The zero-order valence-corrected chi connectivity index (χ0v) is 20.0. The third-order valence-electron chi connectivity index (χ3n) is 6.18. The highest BCUT2D eigenvalue weighted by molar-refractivity contribution is 5.91. The molecule has 35 heavy (non-hydrogen) atoms. The van der Waals surface area contributed by atoms with Crippen LogP contribution in [0.15, 0.2) is 66.7 Å². The topological polar surface area (TPSA) is 91.0 Å². The molecule has 182 valence electrons. The fraction of sp³-hybridized carbons (Fsp3) is 0.296. The summed E-state index contributed by atoms with van der Waals surface area (Å²) in [6, 6.07) is 20.3. The van der Waals surface area contributed by atoms with Gasteiger partial charge in [-0.15, -0.1) is 0 Å². The first kappa shape index (κ1) is 24.1. The Morgan fingerprint density at radius 1 is 0.914 bits per heavy atom. The lowest BCUT2D eigenvalue weighted by atomic mass is 9.98. The van der Waals surface area contributed by atoms with E-state index in [1.54, 1.807) is 29.0 Å². The van der Waals surface area contributed by atoms with Crippen LogP contribution < -0.4 is 15.4 Å². The molecule has 1 atom stereocenters. The highest BCUT2D eigenvalue weighted by atomic mass is 16.5. The lowest BCUT2D eigenvalue weighted by Gasteiger charge is -2.36. The predicted molar refractivity (Wildman–Crippen MR) is 135 cm³/mol. The van der Waals surface area contributed by atoms with Crippen molar-refractivity contribution in [2.75, 3.05) is 38.6 Å². The van der Waals surface area contributed by atoms with Crippen LogP contribution in [-0.2, 0) is 16.0 Å². The van der Waals surface area contributed by atoms with Gasteiger partial charge in [-0.25, -0.2) is 4.79 Å². The monoisotopic (exact) mass is 474 g/mol. The molecule has 1 fully saturated rings. The molecule has 3 aromatic carbocycles. The first-order chi connectivity index (χ1) is 16.9. The number of carbonyl (C=O) groups excluding carboxylic acids is 3. The van der Waals surface area contributed by atoms with E-state index in [4.69, 9.17) is 4.74 Å². The van der Waals surface area contributed by atoms with Crippen LogP contribution in [0.2, 0.25) is 0 Å². The second kappa shape index (κ2) is 10.9. The average molecular weight is 475 g/mol. The summed E-state index contributed by atoms with van der Waals surface area (Å²) in [6.45, 7) is 3.03. The summed E-state index contributed by atoms with van der Waals surface area (Å²) < 4.78 is 5.20. The minimum Gasteiger partial charge on any atom is -0.497 e. The maximum absolute atomic E-state index is 13.4. The summed E-state index contributed by atoms with van der Waals surface area (Å²) in [7, 11) is 1.58. The van der Waals surface area contributed by atoms with Gasteiger partial charge in [0.1, 0.15) is 11.8 Å². The predicted octanol–water partition coefficient (Wildman–Crippen LogP) is 3.27.